The second-order valence-corrected chi connectivity index (χ2v) is 8.30. The summed E-state index contributed by atoms with van der Waals surface area (Å²) < 4.78 is 13.3. The number of amides is 4. The first-order chi connectivity index (χ1) is 18.5. The molecule has 40 heavy (non-hydrogen) atoms. The molecule has 3 aromatic rings. The van der Waals surface area contributed by atoms with E-state index in [2.05, 4.69) is 10.6 Å². The summed E-state index contributed by atoms with van der Waals surface area (Å²) >= 11 is 0. The Labute approximate surface area is 235 Å². The quantitative estimate of drug-likeness (QED) is 0.129. The second-order valence-electron chi connectivity index (χ2n) is 8.30. The Kier molecular flexibility index (Phi) is 11.0. The number of hydrogen-bond acceptors (Lipinski definition) is 8. The molecule has 0 aliphatic carbocycles. The van der Waals surface area contributed by atoms with E-state index >= 15 is 0 Å². The molecule has 0 spiro atoms. The minimum Gasteiger partial charge on any atom is -1.00 e. The van der Waals surface area contributed by atoms with Crippen molar-refractivity contribution in [2.45, 2.75) is 26.9 Å². The molecule has 0 aliphatic heterocycles. The molecule has 0 radical (unpaired) electrons. The molecule has 0 bridgehead atoms. The molecule has 0 unspecified atom stereocenters. The highest BCUT2D eigenvalue weighted by molar-refractivity contribution is 5.94. The molecule has 4 amide bonds. The minimum absolute atomic E-state index is 0. The number of rotatable bonds is 10. The summed E-state index contributed by atoms with van der Waals surface area (Å²) in [6.07, 6.45) is 4.50. The summed E-state index contributed by atoms with van der Waals surface area (Å²) in [6.45, 7) is 2.15. The summed E-state index contributed by atoms with van der Waals surface area (Å²) in [4.78, 5) is 47.9. The normalized spacial score (nSPS) is 10.2. The Morgan fingerprint density at radius 3 is 1.77 bits per heavy atom. The van der Waals surface area contributed by atoms with E-state index in [9.17, 15) is 29.6 Å². The first-order valence-corrected chi connectivity index (χ1v) is 11.5. The lowest BCUT2D eigenvalue weighted by atomic mass is 10.2. The monoisotopic (exact) mass is 576 g/mol. The number of methoxy groups -OCH3 is 2. The average Bonchev–Trinajstić information content (AvgIpc) is 3.33. The molecule has 0 saturated carbocycles. The SMILES string of the molecule is COc1cc(N(O)C(=O)Cn2cc[n+](CC(=O)N(O)c3ccc(NC(C)=O)c(OC)c3)c2)ccc1NC(C)=O.[Cl-]. The summed E-state index contributed by atoms with van der Waals surface area (Å²) in [5.41, 5.74) is 1.01. The summed E-state index contributed by atoms with van der Waals surface area (Å²) in [5.74, 6) is -1.48. The predicted molar refractivity (Wildman–Crippen MR) is 138 cm³/mol. The van der Waals surface area contributed by atoms with Crippen LogP contribution in [0.3, 0.4) is 0 Å². The molecular weight excluding hydrogens is 548 g/mol. The fraction of sp³-hybridized carbons (Fsp3) is 0.240. The molecule has 4 N–H and O–H groups in total. The van der Waals surface area contributed by atoms with E-state index in [4.69, 9.17) is 9.47 Å². The smallest absolute Gasteiger partial charge is 0.292 e. The van der Waals surface area contributed by atoms with Crippen molar-refractivity contribution < 1.29 is 56.0 Å². The number of hydroxylamine groups is 2. The molecule has 1 aromatic heterocycles. The molecular formula is C25H29ClN6O8. The summed E-state index contributed by atoms with van der Waals surface area (Å²) in [6, 6.07) is 8.65. The van der Waals surface area contributed by atoms with Crippen molar-refractivity contribution in [1.82, 2.24) is 4.57 Å². The van der Waals surface area contributed by atoms with Gasteiger partial charge in [-0.05, 0) is 24.3 Å². The zero-order valence-corrected chi connectivity index (χ0v) is 22.9. The molecule has 3 rings (SSSR count). The van der Waals surface area contributed by atoms with Crippen LogP contribution in [0, 0.1) is 0 Å². The van der Waals surface area contributed by atoms with Crippen LogP contribution in [-0.4, -0.2) is 52.8 Å². The van der Waals surface area contributed by atoms with Gasteiger partial charge in [0, 0.05) is 26.0 Å². The van der Waals surface area contributed by atoms with Gasteiger partial charge in [-0.15, -0.1) is 0 Å². The van der Waals surface area contributed by atoms with E-state index in [-0.39, 0.29) is 60.2 Å². The maximum atomic E-state index is 12.6. The molecule has 0 atom stereocenters. The van der Waals surface area contributed by atoms with Crippen molar-refractivity contribution in [2.75, 3.05) is 35.0 Å². The number of ether oxygens (including phenoxy) is 2. The van der Waals surface area contributed by atoms with Gasteiger partial charge in [-0.3, -0.25) is 29.6 Å². The molecule has 214 valence electrons. The van der Waals surface area contributed by atoms with Gasteiger partial charge in [0.2, 0.25) is 18.1 Å². The van der Waals surface area contributed by atoms with Gasteiger partial charge in [0.1, 0.15) is 23.9 Å². The van der Waals surface area contributed by atoms with E-state index < -0.39 is 11.8 Å². The van der Waals surface area contributed by atoms with Crippen LogP contribution in [-0.2, 0) is 32.3 Å². The predicted octanol–water partition coefficient (Wildman–Crippen LogP) is -1.44. The van der Waals surface area contributed by atoms with Crippen molar-refractivity contribution in [3.8, 4) is 11.5 Å². The molecule has 0 saturated heterocycles. The van der Waals surface area contributed by atoms with Crippen molar-refractivity contribution in [1.29, 1.82) is 0 Å². The van der Waals surface area contributed by atoms with Crippen LogP contribution in [0.5, 0.6) is 11.5 Å². The van der Waals surface area contributed by atoms with E-state index in [1.807, 2.05) is 0 Å². The summed E-state index contributed by atoms with van der Waals surface area (Å²) in [5, 5.41) is 26.9. The second kappa shape index (κ2) is 13.9. The van der Waals surface area contributed by atoms with Crippen molar-refractivity contribution >= 4 is 46.4 Å². The fourth-order valence-corrected chi connectivity index (χ4v) is 3.57. The number of nitrogens with one attached hydrogen (secondary N) is 2. The highest BCUT2D eigenvalue weighted by Gasteiger charge is 2.22. The lowest BCUT2D eigenvalue weighted by Crippen LogP contribution is -3.00. The van der Waals surface area contributed by atoms with Crippen LogP contribution < -0.4 is 47.2 Å². The lowest BCUT2D eigenvalue weighted by Gasteiger charge is -2.17. The number of benzene rings is 2. The number of nitrogens with zero attached hydrogens (tertiary/aromatic N) is 4. The van der Waals surface area contributed by atoms with E-state index in [0.29, 0.717) is 21.5 Å². The Bertz CT molecular complexity index is 1290. The van der Waals surface area contributed by atoms with E-state index in [0.717, 1.165) is 0 Å². The average molecular weight is 577 g/mol. The Morgan fingerprint density at radius 1 is 0.850 bits per heavy atom. The third-order valence-corrected chi connectivity index (χ3v) is 5.34. The zero-order valence-electron chi connectivity index (χ0n) is 22.1. The minimum atomic E-state index is -0.687. The van der Waals surface area contributed by atoms with Gasteiger partial charge in [-0.1, -0.05) is 0 Å². The van der Waals surface area contributed by atoms with Gasteiger partial charge in [0.25, 0.3) is 11.8 Å². The molecule has 1 heterocycles. The van der Waals surface area contributed by atoms with Crippen LogP contribution in [0.25, 0.3) is 0 Å². The first kappa shape index (κ1) is 31.6. The van der Waals surface area contributed by atoms with Gasteiger partial charge in [0.15, 0.2) is 13.1 Å². The van der Waals surface area contributed by atoms with Crippen molar-refractivity contribution in [3.05, 3.63) is 55.1 Å². The third kappa shape index (κ3) is 7.92. The van der Waals surface area contributed by atoms with Gasteiger partial charge < -0.3 is 32.5 Å². The number of imidazole rings is 1. The molecule has 15 heteroatoms. The number of hydrogen-bond donors (Lipinski definition) is 4. The molecule has 0 aliphatic rings. The zero-order chi connectivity index (χ0) is 28.7. The highest BCUT2D eigenvalue weighted by atomic mass is 35.5. The van der Waals surface area contributed by atoms with Crippen LogP contribution in [0.4, 0.5) is 22.7 Å². The van der Waals surface area contributed by atoms with E-state index in [1.54, 1.807) is 0 Å². The molecule has 2 aromatic carbocycles. The number of carbonyl (C=O) groups is 4. The number of anilines is 4. The van der Waals surface area contributed by atoms with Crippen LogP contribution >= 0.6 is 0 Å². The Morgan fingerprint density at radius 2 is 1.32 bits per heavy atom. The first-order valence-electron chi connectivity index (χ1n) is 11.5. The van der Waals surface area contributed by atoms with Crippen molar-refractivity contribution in [2.24, 2.45) is 0 Å². The van der Waals surface area contributed by atoms with Gasteiger partial charge in [-0.2, -0.15) is 10.1 Å². The van der Waals surface area contributed by atoms with Crippen LogP contribution in [0.15, 0.2) is 55.1 Å². The third-order valence-electron chi connectivity index (χ3n) is 5.34. The Balaban J connectivity index is 0.00000560. The maximum Gasteiger partial charge on any atom is 0.292 e. The highest BCUT2D eigenvalue weighted by Crippen LogP contribution is 2.30. The largest absolute Gasteiger partial charge is 1.00 e. The van der Waals surface area contributed by atoms with Gasteiger partial charge in [0.05, 0.1) is 37.0 Å². The number of aromatic nitrogens is 2. The molecule has 0 fully saturated rings. The van der Waals surface area contributed by atoms with E-state index in [1.165, 1.54) is 92.3 Å². The van der Waals surface area contributed by atoms with Crippen molar-refractivity contribution in [3.63, 3.8) is 0 Å². The van der Waals surface area contributed by atoms with Crippen LogP contribution in [0.2, 0.25) is 0 Å². The summed E-state index contributed by atoms with van der Waals surface area (Å²) in [7, 11) is 2.78. The Hall–Kier alpha value is -4.66. The van der Waals surface area contributed by atoms with Crippen LogP contribution in [0.1, 0.15) is 13.8 Å². The fourth-order valence-electron chi connectivity index (χ4n) is 3.57. The number of carbonyl (C=O) groups excluding carboxylic acids is 4. The maximum absolute atomic E-state index is 12.6. The van der Waals surface area contributed by atoms with Gasteiger partial charge in [-0.25, -0.2) is 9.13 Å². The lowest BCUT2D eigenvalue weighted by molar-refractivity contribution is -0.683. The topological polar surface area (TPSA) is 167 Å². The van der Waals surface area contributed by atoms with Gasteiger partial charge >= 0.3 is 0 Å². The number of halogens is 1. The molecule has 14 nitrogen and oxygen atoms in total. The standard InChI is InChI=1S/C25H28N6O8.ClH/c1-16(32)26-20-7-5-18(11-22(20)38-3)30(36)24(34)13-28-9-10-29(15-28)14-25(35)31(37)19-6-8-21(27-17(2)33)23(12-19)39-4;/h5-12,15,36-37H,13-14H2,1-4H3,(H-,26,27,32,33);1H.